The molecule has 0 bridgehead atoms. The van der Waals surface area contributed by atoms with Crippen molar-refractivity contribution in [3.63, 3.8) is 0 Å². The number of carboxylic acids is 1. The Bertz CT molecular complexity index is 1040. The molecule has 3 heterocycles. The molecule has 0 aliphatic carbocycles. The van der Waals surface area contributed by atoms with Crippen LogP contribution in [0.3, 0.4) is 0 Å². The quantitative estimate of drug-likeness (QED) is 0.756. The Morgan fingerprint density at radius 2 is 1.89 bits per heavy atom. The third-order valence-electron chi connectivity index (χ3n) is 5.44. The standard InChI is InChI=1S/C22H21N3O3/c1-14-15(22(27)28)8-6-12-25(14)21(26)17-13-20(19-10-4-5-11-23-19)24-18-9-3-2-7-16(17)18/h2-5,7,9-11,13-15H,6,8,12H2,1H3,(H,27,28)/t14-,15-/m1/s1. The normalized spacial score (nSPS) is 19.5. The Labute approximate surface area is 162 Å². The van der Waals surface area contributed by atoms with Gasteiger partial charge in [0.2, 0.25) is 0 Å². The van der Waals surface area contributed by atoms with Crippen LogP contribution in [-0.2, 0) is 4.79 Å². The van der Waals surface area contributed by atoms with Gasteiger partial charge in [0.15, 0.2) is 0 Å². The summed E-state index contributed by atoms with van der Waals surface area (Å²) >= 11 is 0. The molecular weight excluding hydrogens is 354 g/mol. The van der Waals surface area contributed by atoms with Gasteiger partial charge in [0.25, 0.3) is 5.91 Å². The van der Waals surface area contributed by atoms with Crippen molar-refractivity contribution < 1.29 is 14.7 Å². The number of benzene rings is 1. The molecule has 1 aromatic carbocycles. The first-order chi connectivity index (χ1) is 13.6. The Morgan fingerprint density at radius 3 is 2.64 bits per heavy atom. The highest BCUT2D eigenvalue weighted by Crippen LogP contribution is 2.29. The number of piperidine rings is 1. The predicted molar refractivity (Wildman–Crippen MR) is 106 cm³/mol. The molecule has 2 atom stereocenters. The van der Waals surface area contributed by atoms with Crippen LogP contribution in [0.25, 0.3) is 22.3 Å². The van der Waals surface area contributed by atoms with Crippen molar-refractivity contribution in [3.8, 4) is 11.4 Å². The first-order valence-corrected chi connectivity index (χ1v) is 9.41. The number of carbonyl (C=O) groups excluding carboxylic acids is 1. The lowest BCUT2D eigenvalue weighted by atomic mass is 9.89. The van der Waals surface area contributed by atoms with E-state index < -0.39 is 11.9 Å². The van der Waals surface area contributed by atoms with E-state index in [9.17, 15) is 14.7 Å². The topological polar surface area (TPSA) is 83.4 Å². The summed E-state index contributed by atoms with van der Waals surface area (Å²) in [4.78, 5) is 35.7. The first-order valence-electron chi connectivity index (χ1n) is 9.41. The van der Waals surface area contributed by atoms with Gasteiger partial charge in [-0.3, -0.25) is 14.6 Å². The highest BCUT2D eigenvalue weighted by atomic mass is 16.4. The maximum absolute atomic E-state index is 13.5. The molecule has 0 unspecified atom stereocenters. The van der Waals surface area contributed by atoms with Gasteiger partial charge in [-0.05, 0) is 44.0 Å². The van der Waals surface area contributed by atoms with Crippen LogP contribution in [0.15, 0.2) is 54.7 Å². The molecule has 1 aliphatic rings. The molecule has 6 nitrogen and oxygen atoms in total. The zero-order chi connectivity index (χ0) is 19.7. The number of amides is 1. The number of hydrogen-bond acceptors (Lipinski definition) is 4. The number of rotatable bonds is 3. The van der Waals surface area contributed by atoms with E-state index in [0.717, 1.165) is 5.39 Å². The van der Waals surface area contributed by atoms with Gasteiger partial charge in [0, 0.05) is 24.2 Å². The van der Waals surface area contributed by atoms with Gasteiger partial charge in [-0.25, -0.2) is 4.98 Å². The van der Waals surface area contributed by atoms with Gasteiger partial charge in [-0.1, -0.05) is 24.3 Å². The smallest absolute Gasteiger partial charge is 0.308 e. The van der Waals surface area contributed by atoms with Crippen molar-refractivity contribution in [1.82, 2.24) is 14.9 Å². The van der Waals surface area contributed by atoms with Crippen LogP contribution in [0.4, 0.5) is 0 Å². The molecule has 2 aromatic heterocycles. The van der Waals surface area contributed by atoms with Gasteiger partial charge >= 0.3 is 5.97 Å². The maximum Gasteiger partial charge on any atom is 0.308 e. The van der Waals surface area contributed by atoms with E-state index in [1.54, 1.807) is 17.2 Å². The minimum Gasteiger partial charge on any atom is -0.481 e. The summed E-state index contributed by atoms with van der Waals surface area (Å²) in [7, 11) is 0. The summed E-state index contributed by atoms with van der Waals surface area (Å²) in [6.07, 6.45) is 2.97. The highest BCUT2D eigenvalue weighted by Gasteiger charge is 2.36. The molecule has 6 heteroatoms. The molecule has 0 radical (unpaired) electrons. The predicted octanol–water partition coefficient (Wildman–Crippen LogP) is 3.62. The molecule has 28 heavy (non-hydrogen) atoms. The molecule has 4 rings (SSSR count). The average Bonchev–Trinajstić information content (AvgIpc) is 2.73. The SMILES string of the molecule is C[C@@H]1[C@H](C(=O)O)CCCN1C(=O)c1cc(-c2ccccn2)nc2ccccc12. The zero-order valence-electron chi connectivity index (χ0n) is 15.6. The lowest BCUT2D eigenvalue weighted by Gasteiger charge is -2.37. The Hall–Kier alpha value is -3.28. The highest BCUT2D eigenvalue weighted by molar-refractivity contribution is 6.07. The number of likely N-dealkylation sites (tertiary alicyclic amines) is 1. The van der Waals surface area contributed by atoms with Gasteiger partial charge in [-0.2, -0.15) is 0 Å². The van der Waals surface area contributed by atoms with Crippen LogP contribution in [-0.4, -0.2) is 44.4 Å². The van der Waals surface area contributed by atoms with Crippen molar-refractivity contribution in [2.45, 2.75) is 25.8 Å². The molecule has 1 aliphatic heterocycles. The van der Waals surface area contributed by atoms with Gasteiger partial charge in [0.1, 0.15) is 0 Å². The van der Waals surface area contributed by atoms with E-state index in [0.29, 0.717) is 41.9 Å². The van der Waals surface area contributed by atoms with Crippen LogP contribution in [0.5, 0.6) is 0 Å². The monoisotopic (exact) mass is 375 g/mol. The fourth-order valence-corrected chi connectivity index (χ4v) is 3.91. The Balaban J connectivity index is 1.81. The summed E-state index contributed by atoms with van der Waals surface area (Å²) in [5.74, 6) is -1.55. The largest absolute Gasteiger partial charge is 0.481 e. The van der Waals surface area contributed by atoms with Crippen molar-refractivity contribution >= 4 is 22.8 Å². The van der Waals surface area contributed by atoms with E-state index in [1.807, 2.05) is 49.4 Å². The fraction of sp³-hybridized carbons (Fsp3) is 0.273. The van der Waals surface area contributed by atoms with E-state index in [-0.39, 0.29) is 11.9 Å². The number of nitrogens with zero attached hydrogens (tertiary/aromatic N) is 3. The Morgan fingerprint density at radius 1 is 1.11 bits per heavy atom. The number of aromatic nitrogens is 2. The molecule has 0 saturated carbocycles. The molecule has 0 spiro atoms. The van der Waals surface area contributed by atoms with E-state index in [2.05, 4.69) is 9.97 Å². The van der Waals surface area contributed by atoms with Gasteiger partial charge < -0.3 is 10.0 Å². The van der Waals surface area contributed by atoms with Gasteiger partial charge in [0.05, 0.1) is 28.4 Å². The zero-order valence-corrected chi connectivity index (χ0v) is 15.6. The number of carbonyl (C=O) groups is 2. The van der Waals surface area contributed by atoms with Crippen molar-refractivity contribution in [3.05, 3.63) is 60.3 Å². The number of para-hydroxylation sites is 1. The molecule has 1 fully saturated rings. The van der Waals surface area contributed by atoms with E-state index >= 15 is 0 Å². The van der Waals surface area contributed by atoms with E-state index in [1.165, 1.54) is 0 Å². The molecule has 1 amide bonds. The number of aliphatic carboxylic acids is 1. The lowest BCUT2D eigenvalue weighted by molar-refractivity contribution is -0.144. The van der Waals surface area contributed by atoms with Crippen LogP contribution >= 0.6 is 0 Å². The van der Waals surface area contributed by atoms with Gasteiger partial charge in [-0.15, -0.1) is 0 Å². The molecule has 1 saturated heterocycles. The van der Waals surface area contributed by atoms with Crippen molar-refractivity contribution in [1.29, 1.82) is 0 Å². The second kappa shape index (κ2) is 7.38. The minimum absolute atomic E-state index is 0.158. The number of fused-ring (bicyclic) bond motifs is 1. The third kappa shape index (κ3) is 3.22. The van der Waals surface area contributed by atoms with E-state index in [4.69, 9.17) is 0 Å². The summed E-state index contributed by atoms with van der Waals surface area (Å²) in [5, 5.41) is 10.2. The maximum atomic E-state index is 13.5. The molecular formula is C22H21N3O3. The van der Waals surface area contributed by atoms with Crippen LogP contribution in [0.1, 0.15) is 30.1 Å². The lowest BCUT2D eigenvalue weighted by Crippen LogP contribution is -2.49. The van der Waals surface area contributed by atoms with Crippen LogP contribution in [0.2, 0.25) is 0 Å². The summed E-state index contributed by atoms with van der Waals surface area (Å²) in [6, 6.07) is 14.5. The van der Waals surface area contributed by atoms with Crippen LogP contribution in [0, 0.1) is 5.92 Å². The molecule has 1 N–H and O–H groups in total. The first kappa shape index (κ1) is 18.1. The summed E-state index contributed by atoms with van der Waals surface area (Å²) in [6.45, 7) is 2.37. The van der Waals surface area contributed by atoms with Crippen LogP contribution < -0.4 is 0 Å². The van der Waals surface area contributed by atoms with Crippen molar-refractivity contribution in [2.24, 2.45) is 5.92 Å². The minimum atomic E-state index is -0.848. The second-order valence-electron chi connectivity index (χ2n) is 7.11. The summed E-state index contributed by atoms with van der Waals surface area (Å²) < 4.78 is 0. The van der Waals surface area contributed by atoms with Crippen molar-refractivity contribution in [2.75, 3.05) is 6.54 Å². The number of hydrogen-bond donors (Lipinski definition) is 1. The third-order valence-corrected chi connectivity index (χ3v) is 5.44. The average molecular weight is 375 g/mol. The number of pyridine rings is 2. The molecule has 3 aromatic rings. The molecule has 142 valence electrons. The summed E-state index contributed by atoms with van der Waals surface area (Å²) in [5.41, 5.74) is 2.57. The number of carboxylic acid groups (broad SMARTS) is 1. The fourth-order valence-electron chi connectivity index (χ4n) is 3.91. The Kier molecular flexibility index (Phi) is 4.77. The second-order valence-corrected chi connectivity index (χ2v) is 7.11.